The van der Waals surface area contributed by atoms with Gasteiger partial charge in [-0.3, -0.25) is 4.79 Å². The van der Waals surface area contributed by atoms with Gasteiger partial charge < -0.3 is 5.32 Å². The van der Waals surface area contributed by atoms with Crippen molar-refractivity contribution >= 4 is 31.9 Å². The topological polar surface area (TPSA) is 89.3 Å². The van der Waals surface area contributed by atoms with Crippen molar-refractivity contribution in [3.05, 3.63) is 28.2 Å². The van der Waals surface area contributed by atoms with Crippen LogP contribution in [0, 0.1) is 11.3 Å². The molecule has 1 aromatic rings. The fourth-order valence-corrected chi connectivity index (χ4v) is 3.56. The van der Waals surface area contributed by atoms with Crippen molar-refractivity contribution in [2.45, 2.75) is 31.6 Å². The van der Waals surface area contributed by atoms with E-state index in [1.165, 1.54) is 12.1 Å². The minimum atomic E-state index is -3.84. The van der Waals surface area contributed by atoms with Crippen molar-refractivity contribution in [3.63, 3.8) is 0 Å². The standard InChI is InChI=1S/C14H19BrN2O3S/c1-9(2)14(3-4-14)8-17-13(18)10-5-11(15)7-12(6-10)21(16,19)20/h5-7,9H,3-4,8H2,1-2H3,(H,17,18)(H2,16,19,20). The lowest BCUT2D eigenvalue weighted by molar-refractivity contribution is 0.0939. The Morgan fingerprint density at radius 2 is 2.00 bits per heavy atom. The first-order chi connectivity index (χ1) is 9.64. The zero-order valence-corrected chi connectivity index (χ0v) is 14.4. The number of benzene rings is 1. The summed E-state index contributed by atoms with van der Waals surface area (Å²) >= 11 is 3.20. The monoisotopic (exact) mass is 374 g/mol. The summed E-state index contributed by atoms with van der Waals surface area (Å²) in [5.41, 5.74) is 0.484. The fourth-order valence-electron chi connectivity index (χ4n) is 2.34. The van der Waals surface area contributed by atoms with E-state index in [-0.39, 0.29) is 21.8 Å². The number of sulfonamides is 1. The molecule has 1 fully saturated rings. The molecule has 116 valence electrons. The Bertz CT molecular complexity index is 667. The number of halogens is 1. The quantitative estimate of drug-likeness (QED) is 0.827. The van der Waals surface area contributed by atoms with Gasteiger partial charge in [0, 0.05) is 16.6 Å². The van der Waals surface area contributed by atoms with E-state index in [2.05, 4.69) is 35.1 Å². The molecule has 1 saturated carbocycles. The first kappa shape index (κ1) is 16.5. The molecule has 1 aliphatic carbocycles. The lowest BCUT2D eigenvalue weighted by Crippen LogP contribution is -2.32. The van der Waals surface area contributed by atoms with E-state index < -0.39 is 10.0 Å². The van der Waals surface area contributed by atoms with Crippen LogP contribution < -0.4 is 10.5 Å². The number of nitrogens with one attached hydrogen (secondary N) is 1. The zero-order chi connectivity index (χ0) is 15.8. The first-order valence-electron chi connectivity index (χ1n) is 6.76. The third-order valence-electron chi connectivity index (χ3n) is 4.18. The SMILES string of the molecule is CC(C)C1(CNC(=O)c2cc(Br)cc(S(N)(=O)=O)c2)CC1. The molecule has 1 aromatic carbocycles. The van der Waals surface area contributed by atoms with Crippen LogP contribution in [0.4, 0.5) is 0 Å². The molecule has 0 spiro atoms. The summed E-state index contributed by atoms with van der Waals surface area (Å²) in [7, 11) is -3.84. The largest absolute Gasteiger partial charge is 0.351 e. The average molecular weight is 375 g/mol. The molecule has 0 unspecified atom stereocenters. The van der Waals surface area contributed by atoms with Crippen LogP contribution in [0.3, 0.4) is 0 Å². The second kappa shape index (κ2) is 5.70. The number of amides is 1. The van der Waals surface area contributed by atoms with Crippen LogP contribution in [0.5, 0.6) is 0 Å². The predicted octanol–water partition coefficient (Wildman–Crippen LogP) is 2.26. The van der Waals surface area contributed by atoms with Crippen LogP contribution in [0.2, 0.25) is 0 Å². The van der Waals surface area contributed by atoms with Gasteiger partial charge in [-0.25, -0.2) is 13.6 Å². The summed E-state index contributed by atoms with van der Waals surface area (Å²) in [5, 5.41) is 8.00. The van der Waals surface area contributed by atoms with Gasteiger partial charge in [-0.15, -0.1) is 0 Å². The maximum absolute atomic E-state index is 12.2. The van der Waals surface area contributed by atoms with Gasteiger partial charge in [0.25, 0.3) is 5.91 Å². The van der Waals surface area contributed by atoms with Crippen LogP contribution in [0.15, 0.2) is 27.6 Å². The zero-order valence-electron chi connectivity index (χ0n) is 12.0. The molecule has 0 saturated heterocycles. The molecule has 0 aromatic heterocycles. The highest BCUT2D eigenvalue weighted by molar-refractivity contribution is 9.10. The second-order valence-corrected chi connectivity index (χ2v) is 8.40. The Labute approximate surface area is 133 Å². The van der Waals surface area contributed by atoms with Gasteiger partial charge in [-0.1, -0.05) is 29.8 Å². The second-order valence-electron chi connectivity index (χ2n) is 5.92. The smallest absolute Gasteiger partial charge is 0.251 e. The van der Waals surface area contributed by atoms with Crippen molar-refractivity contribution in [1.29, 1.82) is 0 Å². The Hall–Kier alpha value is -0.920. The van der Waals surface area contributed by atoms with E-state index in [9.17, 15) is 13.2 Å². The van der Waals surface area contributed by atoms with Crippen LogP contribution in [-0.2, 0) is 10.0 Å². The number of hydrogen-bond acceptors (Lipinski definition) is 3. The molecular weight excluding hydrogens is 356 g/mol. The van der Waals surface area contributed by atoms with Gasteiger partial charge in [0.2, 0.25) is 10.0 Å². The summed E-state index contributed by atoms with van der Waals surface area (Å²) in [6.45, 7) is 4.91. The Kier molecular flexibility index (Phi) is 4.46. The molecule has 0 atom stereocenters. The Morgan fingerprint density at radius 1 is 1.38 bits per heavy atom. The molecule has 1 amide bonds. The maximum Gasteiger partial charge on any atom is 0.251 e. The predicted molar refractivity (Wildman–Crippen MR) is 84.4 cm³/mol. The molecule has 1 aliphatic rings. The van der Waals surface area contributed by atoms with E-state index in [1.54, 1.807) is 6.07 Å². The molecule has 2 rings (SSSR count). The van der Waals surface area contributed by atoms with E-state index in [1.807, 2.05) is 0 Å². The van der Waals surface area contributed by atoms with Crippen molar-refractivity contribution < 1.29 is 13.2 Å². The van der Waals surface area contributed by atoms with Gasteiger partial charge in [-0.2, -0.15) is 0 Å². The highest BCUT2D eigenvalue weighted by Crippen LogP contribution is 2.51. The summed E-state index contributed by atoms with van der Waals surface area (Å²) in [5.74, 6) is 0.230. The molecule has 3 N–H and O–H groups in total. The van der Waals surface area contributed by atoms with Gasteiger partial charge in [0.05, 0.1) is 4.90 Å². The van der Waals surface area contributed by atoms with E-state index in [0.29, 0.717) is 16.9 Å². The lowest BCUT2D eigenvalue weighted by Gasteiger charge is -2.20. The van der Waals surface area contributed by atoms with E-state index in [4.69, 9.17) is 5.14 Å². The van der Waals surface area contributed by atoms with Crippen molar-refractivity contribution in [2.24, 2.45) is 16.5 Å². The summed E-state index contributed by atoms with van der Waals surface area (Å²) < 4.78 is 23.3. The van der Waals surface area contributed by atoms with Gasteiger partial charge in [0.1, 0.15) is 0 Å². The lowest BCUT2D eigenvalue weighted by atomic mass is 9.92. The van der Waals surface area contributed by atoms with E-state index in [0.717, 1.165) is 12.8 Å². The minimum absolute atomic E-state index is 0.0768. The highest BCUT2D eigenvalue weighted by atomic mass is 79.9. The number of carbonyl (C=O) groups excluding carboxylic acids is 1. The van der Waals surface area contributed by atoms with Crippen molar-refractivity contribution in [3.8, 4) is 0 Å². The number of nitrogens with two attached hydrogens (primary N) is 1. The maximum atomic E-state index is 12.2. The van der Waals surface area contributed by atoms with Gasteiger partial charge >= 0.3 is 0 Å². The van der Waals surface area contributed by atoms with Gasteiger partial charge in [-0.05, 0) is 42.4 Å². The van der Waals surface area contributed by atoms with Crippen LogP contribution in [-0.4, -0.2) is 20.9 Å². The minimum Gasteiger partial charge on any atom is -0.351 e. The van der Waals surface area contributed by atoms with Crippen LogP contribution >= 0.6 is 15.9 Å². The summed E-state index contributed by atoms with van der Waals surface area (Å²) in [6, 6.07) is 4.26. The molecule has 0 bridgehead atoms. The number of primary sulfonamides is 1. The van der Waals surface area contributed by atoms with Gasteiger partial charge in [0.15, 0.2) is 0 Å². The molecule has 21 heavy (non-hydrogen) atoms. The fraction of sp³-hybridized carbons (Fsp3) is 0.500. The molecule has 0 radical (unpaired) electrons. The molecule has 0 heterocycles. The number of rotatable bonds is 5. The molecule has 5 nitrogen and oxygen atoms in total. The first-order valence-corrected chi connectivity index (χ1v) is 9.10. The van der Waals surface area contributed by atoms with Crippen LogP contribution in [0.25, 0.3) is 0 Å². The normalized spacial score (nSPS) is 16.8. The summed E-state index contributed by atoms with van der Waals surface area (Å²) in [6.07, 6.45) is 2.23. The third-order valence-corrected chi connectivity index (χ3v) is 5.53. The average Bonchev–Trinajstić information content (AvgIpc) is 3.15. The Balaban J connectivity index is 2.15. The third kappa shape index (κ3) is 3.84. The van der Waals surface area contributed by atoms with Crippen LogP contribution in [0.1, 0.15) is 37.0 Å². The molecular formula is C14H19BrN2O3S. The Morgan fingerprint density at radius 3 is 2.48 bits per heavy atom. The number of carbonyl (C=O) groups is 1. The number of hydrogen-bond donors (Lipinski definition) is 2. The van der Waals surface area contributed by atoms with E-state index >= 15 is 0 Å². The molecule has 0 aliphatic heterocycles. The van der Waals surface area contributed by atoms with Crippen molar-refractivity contribution in [2.75, 3.05) is 6.54 Å². The molecule has 7 heteroatoms. The van der Waals surface area contributed by atoms with Crippen molar-refractivity contribution in [1.82, 2.24) is 5.32 Å². The highest BCUT2D eigenvalue weighted by Gasteiger charge is 2.45. The summed E-state index contributed by atoms with van der Waals surface area (Å²) in [4.78, 5) is 12.1.